The van der Waals surface area contributed by atoms with Gasteiger partial charge in [-0.05, 0) is 50.8 Å². The van der Waals surface area contributed by atoms with Gasteiger partial charge in [-0.3, -0.25) is 0 Å². The minimum absolute atomic E-state index is 0.672. The van der Waals surface area contributed by atoms with E-state index >= 15 is 0 Å². The summed E-state index contributed by atoms with van der Waals surface area (Å²) in [5.74, 6) is 2.82. The van der Waals surface area contributed by atoms with Crippen LogP contribution >= 0.6 is 0 Å². The van der Waals surface area contributed by atoms with Gasteiger partial charge in [-0.2, -0.15) is 0 Å². The van der Waals surface area contributed by atoms with Crippen LogP contribution in [0.1, 0.15) is 35.8 Å². The monoisotopic (exact) mass is 179 g/mol. The zero-order valence-electron chi connectivity index (χ0n) is 8.39. The fraction of sp³-hybridized carbons (Fsp3) is 0.636. The quantitative estimate of drug-likeness (QED) is 0.716. The third-order valence-corrected chi connectivity index (χ3v) is 2.82. The van der Waals surface area contributed by atoms with Crippen molar-refractivity contribution < 1.29 is 4.42 Å². The topological polar surface area (TPSA) is 25.2 Å². The predicted octanol–water partition coefficient (Wildman–Crippen LogP) is 2.36. The van der Waals surface area contributed by atoms with Gasteiger partial charge in [-0.15, -0.1) is 0 Å². The van der Waals surface area contributed by atoms with Crippen molar-refractivity contribution in [2.75, 3.05) is 13.1 Å². The van der Waals surface area contributed by atoms with Gasteiger partial charge in [0, 0.05) is 6.54 Å². The third-order valence-electron chi connectivity index (χ3n) is 2.82. The number of nitrogens with one attached hydrogen (secondary N) is 1. The number of hydrogen-bond acceptors (Lipinski definition) is 2. The molecule has 1 N–H and O–H groups in total. The SMILES string of the molecule is Cc1cc(C2CCCNC2)c(C)o1. The van der Waals surface area contributed by atoms with Gasteiger partial charge in [0.2, 0.25) is 0 Å². The lowest BCUT2D eigenvalue weighted by molar-refractivity contribution is 0.447. The molecule has 2 heteroatoms. The number of rotatable bonds is 1. The van der Waals surface area contributed by atoms with Gasteiger partial charge < -0.3 is 9.73 Å². The molecule has 0 bridgehead atoms. The Kier molecular flexibility index (Phi) is 2.40. The molecule has 1 atom stereocenters. The van der Waals surface area contributed by atoms with Gasteiger partial charge in [0.1, 0.15) is 11.5 Å². The molecular formula is C11H17NO. The molecule has 0 aromatic carbocycles. The maximum Gasteiger partial charge on any atom is 0.104 e. The number of aryl methyl sites for hydroxylation is 2. The Morgan fingerprint density at radius 2 is 2.31 bits per heavy atom. The first-order valence-electron chi connectivity index (χ1n) is 5.05. The summed E-state index contributed by atoms with van der Waals surface area (Å²) in [4.78, 5) is 0. The van der Waals surface area contributed by atoms with Gasteiger partial charge in [-0.25, -0.2) is 0 Å². The van der Waals surface area contributed by atoms with Crippen LogP contribution in [0.25, 0.3) is 0 Å². The molecule has 0 saturated carbocycles. The van der Waals surface area contributed by atoms with Gasteiger partial charge in [0.25, 0.3) is 0 Å². The Morgan fingerprint density at radius 3 is 2.85 bits per heavy atom. The Morgan fingerprint density at radius 1 is 1.46 bits per heavy atom. The van der Waals surface area contributed by atoms with Crippen molar-refractivity contribution in [3.63, 3.8) is 0 Å². The lowest BCUT2D eigenvalue weighted by Crippen LogP contribution is -2.28. The molecule has 1 saturated heterocycles. The third kappa shape index (κ3) is 1.78. The molecule has 1 aliphatic heterocycles. The average Bonchev–Trinajstić information content (AvgIpc) is 2.47. The van der Waals surface area contributed by atoms with Crippen LogP contribution in [0.5, 0.6) is 0 Å². The Hall–Kier alpha value is -0.760. The second-order valence-electron chi connectivity index (χ2n) is 3.91. The lowest BCUT2D eigenvalue weighted by atomic mass is 9.92. The first-order valence-corrected chi connectivity index (χ1v) is 5.05. The van der Waals surface area contributed by atoms with E-state index in [-0.39, 0.29) is 0 Å². The van der Waals surface area contributed by atoms with Gasteiger partial charge in [0.05, 0.1) is 0 Å². The molecule has 1 aromatic heterocycles. The predicted molar refractivity (Wildman–Crippen MR) is 53.0 cm³/mol. The summed E-state index contributed by atoms with van der Waals surface area (Å²) in [6.07, 6.45) is 2.58. The number of furan rings is 1. The van der Waals surface area contributed by atoms with Gasteiger partial charge in [0.15, 0.2) is 0 Å². The van der Waals surface area contributed by atoms with Crippen LogP contribution in [-0.2, 0) is 0 Å². The molecule has 2 nitrogen and oxygen atoms in total. The van der Waals surface area contributed by atoms with E-state index in [1.165, 1.54) is 24.9 Å². The standard InChI is InChI=1S/C11H17NO/c1-8-6-11(9(2)13-8)10-4-3-5-12-7-10/h6,10,12H,3-5,7H2,1-2H3. The zero-order chi connectivity index (χ0) is 9.26. The molecule has 1 aliphatic rings. The highest BCUT2D eigenvalue weighted by atomic mass is 16.3. The number of piperidine rings is 1. The normalized spacial score (nSPS) is 23.4. The maximum atomic E-state index is 5.54. The minimum Gasteiger partial charge on any atom is -0.466 e. The Labute approximate surface area is 79.3 Å². The van der Waals surface area contributed by atoms with Crippen molar-refractivity contribution in [1.29, 1.82) is 0 Å². The molecule has 0 spiro atoms. The highest BCUT2D eigenvalue weighted by molar-refractivity contribution is 5.25. The first kappa shape index (κ1) is 8.82. The fourth-order valence-corrected chi connectivity index (χ4v) is 2.17. The molecule has 2 heterocycles. The zero-order valence-corrected chi connectivity index (χ0v) is 8.39. The van der Waals surface area contributed by atoms with Crippen molar-refractivity contribution in [3.05, 3.63) is 23.2 Å². The average molecular weight is 179 g/mol. The summed E-state index contributed by atoms with van der Waals surface area (Å²) in [7, 11) is 0. The molecule has 1 unspecified atom stereocenters. The van der Waals surface area contributed by atoms with Crippen LogP contribution in [0, 0.1) is 13.8 Å². The van der Waals surface area contributed by atoms with Crippen LogP contribution in [0.4, 0.5) is 0 Å². The van der Waals surface area contributed by atoms with Crippen molar-refractivity contribution in [3.8, 4) is 0 Å². The molecule has 1 fully saturated rings. The second kappa shape index (κ2) is 3.54. The number of hydrogen-bond donors (Lipinski definition) is 1. The van der Waals surface area contributed by atoms with Crippen molar-refractivity contribution in [2.45, 2.75) is 32.6 Å². The molecule has 0 amide bonds. The van der Waals surface area contributed by atoms with E-state index in [9.17, 15) is 0 Å². The summed E-state index contributed by atoms with van der Waals surface area (Å²) in [6.45, 7) is 6.37. The summed E-state index contributed by atoms with van der Waals surface area (Å²) < 4.78 is 5.54. The molecular weight excluding hydrogens is 162 g/mol. The van der Waals surface area contributed by atoms with E-state index in [4.69, 9.17) is 4.42 Å². The van der Waals surface area contributed by atoms with E-state index in [0.29, 0.717) is 5.92 Å². The fourth-order valence-electron chi connectivity index (χ4n) is 2.17. The molecule has 2 rings (SSSR count). The van der Waals surface area contributed by atoms with Gasteiger partial charge in [-0.1, -0.05) is 0 Å². The van der Waals surface area contributed by atoms with Crippen LogP contribution < -0.4 is 5.32 Å². The highest BCUT2D eigenvalue weighted by Crippen LogP contribution is 2.28. The Balaban J connectivity index is 2.18. The van der Waals surface area contributed by atoms with E-state index in [1.807, 2.05) is 6.92 Å². The van der Waals surface area contributed by atoms with Crippen LogP contribution in [0.15, 0.2) is 10.5 Å². The largest absolute Gasteiger partial charge is 0.466 e. The van der Waals surface area contributed by atoms with Crippen molar-refractivity contribution in [1.82, 2.24) is 5.32 Å². The van der Waals surface area contributed by atoms with Crippen LogP contribution in [-0.4, -0.2) is 13.1 Å². The maximum absolute atomic E-state index is 5.54. The summed E-state index contributed by atoms with van der Waals surface area (Å²) in [5, 5.41) is 3.43. The summed E-state index contributed by atoms with van der Waals surface area (Å²) >= 11 is 0. The second-order valence-corrected chi connectivity index (χ2v) is 3.91. The van der Waals surface area contributed by atoms with Crippen molar-refractivity contribution >= 4 is 0 Å². The van der Waals surface area contributed by atoms with Crippen LogP contribution in [0.3, 0.4) is 0 Å². The van der Waals surface area contributed by atoms with E-state index in [2.05, 4.69) is 18.3 Å². The summed E-state index contributed by atoms with van der Waals surface area (Å²) in [6, 6.07) is 2.19. The lowest BCUT2D eigenvalue weighted by Gasteiger charge is -2.22. The highest BCUT2D eigenvalue weighted by Gasteiger charge is 2.19. The van der Waals surface area contributed by atoms with Gasteiger partial charge >= 0.3 is 0 Å². The van der Waals surface area contributed by atoms with E-state index < -0.39 is 0 Å². The van der Waals surface area contributed by atoms with E-state index in [0.717, 1.165) is 18.1 Å². The molecule has 72 valence electrons. The van der Waals surface area contributed by atoms with Crippen LogP contribution in [0.2, 0.25) is 0 Å². The molecule has 0 aliphatic carbocycles. The summed E-state index contributed by atoms with van der Waals surface area (Å²) in [5.41, 5.74) is 1.41. The Bertz CT molecular complexity index is 284. The first-order chi connectivity index (χ1) is 6.27. The smallest absolute Gasteiger partial charge is 0.104 e. The molecule has 0 radical (unpaired) electrons. The minimum atomic E-state index is 0.672. The van der Waals surface area contributed by atoms with Crippen molar-refractivity contribution in [2.24, 2.45) is 0 Å². The van der Waals surface area contributed by atoms with E-state index in [1.54, 1.807) is 0 Å². The molecule has 13 heavy (non-hydrogen) atoms. The molecule has 1 aromatic rings.